The molecular formula is C19H17ClN2O2S. The summed E-state index contributed by atoms with van der Waals surface area (Å²) < 4.78 is 5.68. The van der Waals surface area contributed by atoms with Gasteiger partial charge >= 0.3 is 0 Å². The van der Waals surface area contributed by atoms with Gasteiger partial charge in [0.2, 0.25) is 5.91 Å². The van der Waals surface area contributed by atoms with Gasteiger partial charge in [-0.2, -0.15) is 0 Å². The molecule has 25 heavy (non-hydrogen) atoms. The summed E-state index contributed by atoms with van der Waals surface area (Å²) in [5, 5.41) is 4.05. The number of thioether (sulfide) groups is 1. The van der Waals surface area contributed by atoms with Gasteiger partial charge in [-0.3, -0.25) is 4.79 Å². The van der Waals surface area contributed by atoms with Crippen molar-refractivity contribution in [2.45, 2.75) is 19.1 Å². The van der Waals surface area contributed by atoms with E-state index in [9.17, 15) is 4.79 Å². The summed E-state index contributed by atoms with van der Waals surface area (Å²) in [6.07, 6.45) is 1.65. The summed E-state index contributed by atoms with van der Waals surface area (Å²) in [4.78, 5) is 16.4. The molecule has 0 aliphatic carbocycles. The molecule has 4 nitrogen and oxygen atoms in total. The van der Waals surface area contributed by atoms with Crippen molar-refractivity contribution >= 4 is 35.0 Å². The molecule has 1 aromatic heterocycles. The monoisotopic (exact) mass is 372 g/mol. The number of hydrogen-bond donors (Lipinski definition) is 1. The van der Waals surface area contributed by atoms with E-state index in [1.807, 2.05) is 44.2 Å². The van der Waals surface area contributed by atoms with Gasteiger partial charge in [0.1, 0.15) is 0 Å². The zero-order valence-corrected chi connectivity index (χ0v) is 15.4. The van der Waals surface area contributed by atoms with Gasteiger partial charge in [-0.25, -0.2) is 4.98 Å². The summed E-state index contributed by atoms with van der Waals surface area (Å²) in [5.74, 6) is 0.785. The summed E-state index contributed by atoms with van der Waals surface area (Å²) in [7, 11) is 0. The first-order chi connectivity index (χ1) is 12.0. The van der Waals surface area contributed by atoms with Crippen LogP contribution < -0.4 is 5.32 Å². The number of oxazole rings is 1. The van der Waals surface area contributed by atoms with Gasteiger partial charge in [-0.15, -0.1) is 0 Å². The molecule has 0 aliphatic rings. The number of hydrogen-bond acceptors (Lipinski definition) is 4. The second kappa shape index (κ2) is 7.76. The van der Waals surface area contributed by atoms with E-state index in [0.717, 1.165) is 22.4 Å². The van der Waals surface area contributed by atoms with Crippen LogP contribution in [-0.2, 0) is 4.79 Å². The number of carbonyl (C=O) groups excluding carboxylic acids is 1. The second-order valence-corrected chi connectivity index (χ2v) is 6.94. The number of aryl methyl sites for hydroxylation is 1. The number of nitrogens with one attached hydrogen (secondary N) is 1. The lowest BCUT2D eigenvalue weighted by Gasteiger charge is -2.09. The van der Waals surface area contributed by atoms with E-state index in [4.69, 9.17) is 16.0 Å². The van der Waals surface area contributed by atoms with Gasteiger partial charge in [0, 0.05) is 16.3 Å². The maximum Gasteiger partial charge on any atom is 0.256 e. The Balaban J connectivity index is 1.59. The molecule has 3 rings (SSSR count). The van der Waals surface area contributed by atoms with Crippen molar-refractivity contribution in [3.63, 3.8) is 0 Å². The molecule has 0 aliphatic heterocycles. The first-order valence-corrected chi connectivity index (χ1v) is 9.10. The van der Waals surface area contributed by atoms with Gasteiger partial charge in [-0.05, 0) is 55.3 Å². The molecule has 1 amide bonds. The minimum atomic E-state index is -0.0926. The highest BCUT2D eigenvalue weighted by atomic mass is 35.5. The smallest absolute Gasteiger partial charge is 0.256 e. The first kappa shape index (κ1) is 17.6. The molecule has 0 bridgehead atoms. The first-order valence-electron chi connectivity index (χ1n) is 7.73. The molecular weight excluding hydrogens is 356 g/mol. The zero-order valence-electron chi connectivity index (χ0n) is 13.9. The molecule has 0 atom stereocenters. The second-order valence-electron chi connectivity index (χ2n) is 5.58. The van der Waals surface area contributed by atoms with Gasteiger partial charge in [0.25, 0.3) is 5.22 Å². The lowest BCUT2D eigenvalue weighted by atomic mass is 10.1. The average Bonchev–Trinajstić information content (AvgIpc) is 3.07. The Morgan fingerprint density at radius 1 is 1.20 bits per heavy atom. The Hall–Kier alpha value is -2.24. The predicted molar refractivity (Wildman–Crippen MR) is 102 cm³/mol. The number of nitrogens with zero attached hydrogens (tertiary/aromatic N) is 1. The van der Waals surface area contributed by atoms with Gasteiger partial charge < -0.3 is 9.73 Å². The maximum atomic E-state index is 12.1. The Bertz CT molecular complexity index is 891. The van der Waals surface area contributed by atoms with Crippen LogP contribution in [0.1, 0.15) is 11.1 Å². The molecule has 0 unspecified atom stereocenters. The van der Waals surface area contributed by atoms with E-state index >= 15 is 0 Å². The standard InChI is InChI=1S/C19H17ClN2O2S/c1-12-4-3-5-16(13(12)2)22-18(23)11-25-19-21-10-17(24-19)14-6-8-15(20)9-7-14/h3-10H,11H2,1-2H3,(H,22,23). The Kier molecular flexibility index (Phi) is 5.46. The third-order valence-corrected chi connectivity index (χ3v) is 4.91. The number of amides is 1. The van der Waals surface area contributed by atoms with Crippen LogP contribution in [0.15, 0.2) is 58.3 Å². The van der Waals surface area contributed by atoms with Crippen molar-refractivity contribution in [3.05, 3.63) is 64.8 Å². The topological polar surface area (TPSA) is 55.1 Å². The number of halogens is 1. The summed E-state index contributed by atoms with van der Waals surface area (Å²) in [6.45, 7) is 4.01. The van der Waals surface area contributed by atoms with Gasteiger partial charge in [0.05, 0.1) is 11.9 Å². The average molecular weight is 373 g/mol. The van der Waals surface area contributed by atoms with Crippen molar-refractivity contribution in [3.8, 4) is 11.3 Å². The Morgan fingerprint density at radius 2 is 1.96 bits per heavy atom. The predicted octanol–water partition coefficient (Wildman–Crippen LogP) is 5.34. The van der Waals surface area contributed by atoms with Crippen LogP contribution in [0.4, 0.5) is 5.69 Å². The number of anilines is 1. The molecule has 6 heteroatoms. The highest BCUT2D eigenvalue weighted by Crippen LogP contribution is 2.26. The normalized spacial score (nSPS) is 10.7. The van der Waals surface area contributed by atoms with Crippen LogP contribution in [0.3, 0.4) is 0 Å². The van der Waals surface area contributed by atoms with Crippen LogP contribution in [0, 0.1) is 13.8 Å². The summed E-state index contributed by atoms with van der Waals surface area (Å²) in [5.41, 5.74) is 3.94. The number of benzene rings is 2. The van der Waals surface area contributed by atoms with E-state index in [2.05, 4.69) is 10.3 Å². The van der Waals surface area contributed by atoms with Gasteiger partial charge in [-0.1, -0.05) is 35.5 Å². The fourth-order valence-corrected chi connectivity index (χ4v) is 3.00. The van der Waals surface area contributed by atoms with Gasteiger partial charge in [0.15, 0.2) is 5.76 Å². The third-order valence-electron chi connectivity index (χ3n) is 3.82. The summed E-state index contributed by atoms with van der Waals surface area (Å²) in [6, 6.07) is 13.2. The molecule has 3 aromatic rings. The molecule has 0 radical (unpaired) electrons. The van der Waals surface area contributed by atoms with E-state index in [1.165, 1.54) is 11.8 Å². The van der Waals surface area contributed by atoms with E-state index in [0.29, 0.717) is 16.0 Å². The minimum Gasteiger partial charge on any atom is -0.431 e. The third kappa shape index (κ3) is 4.44. The number of aromatic nitrogens is 1. The molecule has 0 saturated heterocycles. The minimum absolute atomic E-state index is 0.0926. The fourth-order valence-electron chi connectivity index (χ4n) is 2.27. The van der Waals surface area contributed by atoms with Crippen molar-refractivity contribution < 1.29 is 9.21 Å². The number of rotatable bonds is 5. The van der Waals surface area contributed by atoms with Crippen LogP contribution in [0.25, 0.3) is 11.3 Å². The van der Waals surface area contributed by atoms with E-state index in [-0.39, 0.29) is 11.7 Å². The summed E-state index contributed by atoms with van der Waals surface area (Å²) >= 11 is 7.14. The highest BCUT2D eigenvalue weighted by Gasteiger charge is 2.11. The van der Waals surface area contributed by atoms with E-state index < -0.39 is 0 Å². The molecule has 1 heterocycles. The van der Waals surface area contributed by atoms with Crippen molar-refractivity contribution in [1.82, 2.24) is 4.98 Å². The Morgan fingerprint density at radius 3 is 2.72 bits per heavy atom. The van der Waals surface area contributed by atoms with Crippen molar-refractivity contribution in [2.75, 3.05) is 11.1 Å². The molecule has 0 fully saturated rings. The maximum absolute atomic E-state index is 12.1. The molecule has 128 valence electrons. The van der Waals surface area contributed by atoms with Crippen LogP contribution in [0.5, 0.6) is 0 Å². The SMILES string of the molecule is Cc1cccc(NC(=O)CSc2ncc(-c3ccc(Cl)cc3)o2)c1C. The Labute approximate surface area is 155 Å². The lowest BCUT2D eigenvalue weighted by Crippen LogP contribution is -2.15. The van der Waals surface area contributed by atoms with E-state index in [1.54, 1.807) is 18.3 Å². The van der Waals surface area contributed by atoms with Crippen LogP contribution >= 0.6 is 23.4 Å². The van der Waals surface area contributed by atoms with Crippen LogP contribution in [0.2, 0.25) is 5.02 Å². The van der Waals surface area contributed by atoms with Crippen LogP contribution in [-0.4, -0.2) is 16.6 Å². The quantitative estimate of drug-likeness (QED) is 0.614. The largest absolute Gasteiger partial charge is 0.431 e. The number of carbonyl (C=O) groups is 1. The zero-order chi connectivity index (χ0) is 17.8. The molecule has 2 aromatic carbocycles. The highest BCUT2D eigenvalue weighted by molar-refractivity contribution is 7.99. The molecule has 1 N–H and O–H groups in total. The molecule has 0 spiro atoms. The fraction of sp³-hybridized carbons (Fsp3) is 0.158. The van der Waals surface area contributed by atoms with Crippen molar-refractivity contribution in [1.29, 1.82) is 0 Å². The lowest BCUT2D eigenvalue weighted by molar-refractivity contribution is -0.113. The van der Waals surface area contributed by atoms with Crippen molar-refractivity contribution in [2.24, 2.45) is 0 Å². The molecule has 0 saturated carbocycles.